The van der Waals surface area contributed by atoms with Gasteiger partial charge in [-0.05, 0) is 43.2 Å². The summed E-state index contributed by atoms with van der Waals surface area (Å²) in [6, 6.07) is 10.0. The Labute approximate surface area is 161 Å². The summed E-state index contributed by atoms with van der Waals surface area (Å²) in [7, 11) is 0. The van der Waals surface area contributed by atoms with Crippen molar-refractivity contribution in [2.24, 2.45) is 0 Å². The minimum Gasteiger partial charge on any atom is -0.508 e. The number of hydrogen-bond acceptors (Lipinski definition) is 4. The first-order chi connectivity index (χ1) is 13.0. The number of phenolic OH excluding ortho intramolecular Hbond substituents is 1. The van der Waals surface area contributed by atoms with Crippen LogP contribution in [0.2, 0.25) is 5.02 Å². The molecule has 0 radical (unpaired) electrons. The number of phenols is 1. The zero-order chi connectivity index (χ0) is 19.6. The molecule has 8 heteroatoms. The van der Waals surface area contributed by atoms with Gasteiger partial charge in [-0.3, -0.25) is 9.59 Å². The van der Waals surface area contributed by atoms with E-state index in [2.05, 4.69) is 10.6 Å². The number of carbonyl (C=O) groups is 2. The second-order valence-electron chi connectivity index (χ2n) is 5.73. The molecular weight excluding hydrogens is 375 g/mol. The molecule has 0 bridgehead atoms. The van der Waals surface area contributed by atoms with E-state index in [0.29, 0.717) is 31.5 Å². The minimum atomic E-state index is -0.609. The maximum atomic E-state index is 13.3. The van der Waals surface area contributed by atoms with Crippen LogP contribution in [-0.2, 0) is 4.79 Å². The normalized spacial score (nSPS) is 10.3. The van der Waals surface area contributed by atoms with E-state index >= 15 is 0 Å². The van der Waals surface area contributed by atoms with Gasteiger partial charge in [-0.25, -0.2) is 4.39 Å². The van der Waals surface area contributed by atoms with Crippen LogP contribution in [0.15, 0.2) is 42.5 Å². The molecule has 0 aliphatic rings. The maximum absolute atomic E-state index is 13.3. The number of nitrogens with one attached hydrogen (secondary N) is 2. The fourth-order valence-corrected chi connectivity index (χ4v) is 2.31. The largest absolute Gasteiger partial charge is 0.508 e. The number of hydrogen-bond donors (Lipinski definition) is 3. The lowest BCUT2D eigenvalue weighted by molar-refractivity contribution is -0.123. The molecule has 0 unspecified atom stereocenters. The van der Waals surface area contributed by atoms with Crippen LogP contribution >= 0.6 is 11.6 Å². The standard InChI is InChI=1S/C19H20ClFN2O4/c20-16-7-6-15(11-17(16)21)27-12-18(25)22-8-1-2-9-23-19(26)13-4-3-5-14(24)10-13/h3-7,10-11,24H,1-2,8-9,12H2,(H,22,25)(H,23,26). The summed E-state index contributed by atoms with van der Waals surface area (Å²) in [6.45, 7) is 0.652. The molecule has 0 fully saturated rings. The lowest BCUT2D eigenvalue weighted by Gasteiger charge is -2.08. The monoisotopic (exact) mass is 394 g/mol. The molecule has 2 aromatic rings. The molecule has 2 aromatic carbocycles. The molecule has 0 aromatic heterocycles. The van der Waals surface area contributed by atoms with Crippen LogP contribution in [-0.4, -0.2) is 36.6 Å². The second-order valence-corrected chi connectivity index (χ2v) is 6.14. The van der Waals surface area contributed by atoms with E-state index in [-0.39, 0.29) is 34.9 Å². The number of carbonyl (C=O) groups excluding carboxylic acids is 2. The zero-order valence-electron chi connectivity index (χ0n) is 14.5. The summed E-state index contributed by atoms with van der Waals surface area (Å²) < 4.78 is 18.4. The van der Waals surface area contributed by atoms with Crippen LogP contribution in [0.25, 0.3) is 0 Å². The zero-order valence-corrected chi connectivity index (χ0v) is 15.3. The highest BCUT2D eigenvalue weighted by Gasteiger charge is 2.06. The summed E-state index contributed by atoms with van der Waals surface area (Å²) in [6.07, 6.45) is 1.34. The molecule has 2 amide bonds. The predicted octanol–water partition coefficient (Wildman–Crippen LogP) is 2.89. The van der Waals surface area contributed by atoms with Crippen LogP contribution in [0.5, 0.6) is 11.5 Å². The molecule has 2 rings (SSSR count). The number of unbranched alkanes of at least 4 members (excludes halogenated alkanes) is 1. The van der Waals surface area contributed by atoms with Crippen LogP contribution in [0.3, 0.4) is 0 Å². The summed E-state index contributed by atoms with van der Waals surface area (Å²) in [5.41, 5.74) is 0.388. The number of amides is 2. The summed E-state index contributed by atoms with van der Waals surface area (Å²) in [5.74, 6) is -0.939. The van der Waals surface area contributed by atoms with Gasteiger partial charge in [0.25, 0.3) is 11.8 Å². The van der Waals surface area contributed by atoms with Crippen molar-refractivity contribution in [1.29, 1.82) is 0 Å². The molecule has 27 heavy (non-hydrogen) atoms. The molecule has 0 saturated carbocycles. The number of ether oxygens (including phenoxy) is 1. The summed E-state index contributed by atoms with van der Waals surface area (Å²) in [5, 5.41) is 14.7. The van der Waals surface area contributed by atoms with Crippen LogP contribution < -0.4 is 15.4 Å². The Morgan fingerprint density at radius 2 is 1.81 bits per heavy atom. The van der Waals surface area contributed by atoms with Gasteiger partial charge in [-0.2, -0.15) is 0 Å². The molecular formula is C19H20ClFN2O4. The topological polar surface area (TPSA) is 87.7 Å². The first kappa shape index (κ1) is 20.5. The van der Waals surface area contributed by atoms with Crippen LogP contribution in [0.4, 0.5) is 4.39 Å². The van der Waals surface area contributed by atoms with Gasteiger partial charge in [0, 0.05) is 24.7 Å². The van der Waals surface area contributed by atoms with Crippen molar-refractivity contribution >= 4 is 23.4 Å². The van der Waals surface area contributed by atoms with E-state index in [0.717, 1.165) is 6.07 Å². The highest BCUT2D eigenvalue weighted by atomic mass is 35.5. The predicted molar refractivity (Wildman–Crippen MR) is 99.6 cm³/mol. The molecule has 0 heterocycles. The first-order valence-electron chi connectivity index (χ1n) is 8.37. The highest BCUT2D eigenvalue weighted by molar-refractivity contribution is 6.30. The Hall–Kier alpha value is -2.80. The average molecular weight is 395 g/mol. The van der Waals surface area contributed by atoms with E-state index in [1.807, 2.05) is 0 Å². The van der Waals surface area contributed by atoms with Crippen molar-refractivity contribution in [3.8, 4) is 11.5 Å². The Balaban J connectivity index is 1.56. The van der Waals surface area contributed by atoms with Crippen molar-refractivity contribution in [2.75, 3.05) is 19.7 Å². The molecule has 144 valence electrons. The third kappa shape index (κ3) is 7.15. The van der Waals surface area contributed by atoms with Crippen molar-refractivity contribution < 1.29 is 23.8 Å². The van der Waals surface area contributed by atoms with Crippen LogP contribution in [0.1, 0.15) is 23.2 Å². The van der Waals surface area contributed by atoms with E-state index in [9.17, 15) is 19.1 Å². The SMILES string of the molecule is O=C(COc1ccc(Cl)c(F)c1)NCCCCNC(=O)c1cccc(O)c1. The number of aromatic hydroxyl groups is 1. The molecule has 6 nitrogen and oxygen atoms in total. The van der Waals surface area contributed by atoms with Gasteiger partial charge in [0.2, 0.25) is 0 Å². The lowest BCUT2D eigenvalue weighted by atomic mass is 10.2. The second kappa shape index (κ2) is 10.4. The van der Waals surface area contributed by atoms with Gasteiger partial charge in [-0.15, -0.1) is 0 Å². The molecule has 0 saturated heterocycles. The number of halogens is 2. The molecule has 0 atom stereocenters. The Bertz CT molecular complexity index is 801. The van der Waals surface area contributed by atoms with E-state index in [1.165, 1.54) is 24.3 Å². The van der Waals surface area contributed by atoms with Crippen molar-refractivity contribution in [1.82, 2.24) is 10.6 Å². The highest BCUT2D eigenvalue weighted by Crippen LogP contribution is 2.20. The van der Waals surface area contributed by atoms with Gasteiger partial charge in [0.15, 0.2) is 6.61 Å². The van der Waals surface area contributed by atoms with E-state index < -0.39 is 5.82 Å². The maximum Gasteiger partial charge on any atom is 0.257 e. The third-order valence-electron chi connectivity index (χ3n) is 3.58. The molecule has 0 aliphatic carbocycles. The van der Waals surface area contributed by atoms with E-state index in [4.69, 9.17) is 16.3 Å². The third-order valence-corrected chi connectivity index (χ3v) is 3.89. The van der Waals surface area contributed by atoms with E-state index in [1.54, 1.807) is 12.1 Å². The summed E-state index contributed by atoms with van der Waals surface area (Å²) >= 11 is 5.57. The van der Waals surface area contributed by atoms with Gasteiger partial charge >= 0.3 is 0 Å². The molecule has 3 N–H and O–H groups in total. The van der Waals surface area contributed by atoms with Crippen molar-refractivity contribution in [3.63, 3.8) is 0 Å². The quantitative estimate of drug-likeness (QED) is 0.571. The average Bonchev–Trinajstić information content (AvgIpc) is 2.65. The van der Waals surface area contributed by atoms with Gasteiger partial charge in [0.1, 0.15) is 17.3 Å². The fraction of sp³-hybridized carbons (Fsp3) is 0.263. The van der Waals surface area contributed by atoms with Crippen molar-refractivity contribution in [2.45, 2.75) is 12.8 Å². The Kier molecular flexibility index (Phi) is 7.88. The lowest BCUT2D eigenvalue weighted by Crippen LogP contribution is -2.30. The van der Waals surface area contributed by atoms with Crippen LogP contribution in [0, 0.1) is 5.82 Å². The minimum absolute atomic E-state index is 0.0111. The fourth-order valence-electron chi connectivity index (χ4n) is 2.20. The Morgan fingerprint density at radius 3 is 2.52 bits per heavy atom. The Morgan fingerprint density at radius 1 is 1.07 bits per heavy atom. The van der Waals surface area contributed by atoms with Crippen molar-refractivity contribution in [3.05, 3.63) is 58.9 Å². The van der Waals surface area contributed by atoms with Gasteiger partial charge in [0.05, 0.1) is 5.02 Å². The molecule has 0 spiro atoms. The number of benzene rings is 2. The summed E-state index contributed by atoms with van der Waals surface area (Å²) in [4.78, 5) is 23.5. The van der Waals surface area contributed by atoms with Gasteiger partial charge in [-0.1, -0.05) is 17.7 Å². The first-order valence-corrected chi connectivity index (χ1v) is 8.75. The number of rotatable bonds is 9. The van der Waals surface area contributed by atoms with Gasteiger partial charge < -0.3 is 20.5 Å². The smallest absolute Gasteiger partial charge is 0.257 e. The molecule has 0 aliphatic heterocycles.